The molecule has 0 aliphatic carbocycles. The summed E-state index contributed by atoms with van der Waals surface area (Å²) in [7, 11) is 0. The lowest BCUT2D eigenvalue weighted by atomic mass is 10.2. The van der Waals surface area contributed by atoms with Crippen molar-refractivity contribution in [3.8, 4) is 0 Å². The topological polar surface area (TPSA) is 77.6 Å². The van der Waals surface area contributed by atoms with Gasteiger partial charge in [-0.05, 0) is 24.6 Å². The van der Waals surface area contributed by atoms with Gasteiger partial charge < -0.3 is 0 Å². The number of nitrogens with one attached hydrogen (secondary N) is 1. The van der Waals surface area contributed by atoms with E-state index in [1.807, 2.05) is 31.2 Å². The fraction of sp³-hybridized carbons (Fsp3) is 0.200. The number of nitrogens with zero attached hydrogens (tertiary/aromatic N) is 5. The summed E-state index contributed by atoms with van der Waals surface area (Å²) in [4.78, 5) is 16.2. The number of aryl methyl sites for hydroxylation is 1. The number of anilines is 1. The number of halogens is 1. The van der Waals surface area contributed by atoms with E-state index in [2.05, 4.69) is 20.5 Å². The third kappa shape index (κ3) is 3.75. The Hall–Kier alpha value is -2.67. The molecule has 23 heavy (non-hydrogen) atoms. The van der Waals surface area contributed by atoms with Crippen LogP contribution in [0, 0.1) is 0 Å². The smallest absolute Gasteiger partial charge is 0.261 e. The molecule has 2 heterocycles. The maximum absolute atomic E-state index is 12.1. The normalized spacial score (nSPS) is 10.7. The van der Waals surface area contributed by atoms with Crippen LogP contribution in [-0.2, 0) is 13.1 Å². The Morgan fingerprint density at radius 1 is 1.26 bits per heavy atom. The van der Waals surface area contributed by atoms with Gasteiger partial charge in [0.2, 0.25) is 5.95 Å². The van der Waals surface area contributed by atoms with Crippen molar-refractivity contribution in [1.82, 2.24) is 24.5 Å². The molecular formula is C15H15ClN6O. The summed E-state index contributed by atoms with van der Waals surface area (Å²) >= 11 is 5.86. The van der Waals surface area contributed by atoms with Crippen molar-refractivity contribution in [2.75, 3.05) is 5.32 Å². The first kappa shape index (κ1) is 15.2. The van der Waals surface area contributed by atoms with Gasteiger partial charge in [0.05, 0.1) is 18.3 Å². The third-order valence-electron chi connectivity index (χ3n) is 3.24. The van der Waals surface area contributed by atoms with Crippen molar-refractivity contribution >= 4 is 23.5 Å². The van der Waals surface area contributed by atoms with Crippen molar-refractivity contribution in [2.24, 2.45) is 0 Å². The van der Waals surface area contributed by atoms with E-state index < -0.39 is 0 Å². The molecule has 0 aliphatic heterocycles. The summed E-state index contributed by atoms with van der Waals surface area (Å²) in [5.41, 5.74) is 1.52. The molecule has 8 heteroatoms. The fourth-order valence-corrected chi connectivity index (χ4v) is 2.16. The van der Waals surface area contributed by atoms with Crippen molar-refractivity contribution < 1.29 is 4.79 Å². The average molecular weight is 331 g/mol. The molecular weight excluding hydrogens is 316 g/mol. The van der Waals surface area contributed by atoms with E-state index in [-0.39, 0.29) is 11.9 Å². The van der Waals surface area contributed by atoms with Gasteiger partial charge in [0.1, 0.15) is 6.33 Å². The molecule has 0 saturated carbocycles. The number of carbonyl (C=O) groups is 1. The summed E-state index contributed by atoms with van der Waals surface area (Å²) in [6, 6.07) is 7.48. The number of amides is 1. The van der Waals surface area contributed by atoms with Gasteiger partial charge in [-0.1, -0.05) is 23.7 Å². The van der Waals surface area contributed by atoms with E-state index in [1.165, 1.54) is 6.20 Å². The van der Waals surface area contributed by atoms with Gasteiger partial charge in [-0.2, -0.15) is 5.10 Å². The zero-order valence-corrected chi connectivity index (χ0v) is 13.2. The number of aromatic nitrogens is 5. The Labute approximate surface area is 137 Å². The van der Waals surface area contributed by atoms with Gasteiger partial charge in [0.15, 0.2) is 0 Å². The second kappa shape index (κ2) is 6.62. The number of benzene rings is 1. The van der Waals surface area contributed by atoms with Crippen LogP contribution in [0.15, 0.2) is 43.0 Å². The Morgan fingerprint density at radius 3 is 2.74 bits per heavy atom. The second-order valence-corrected chi connectivity index (χ2v) is 5.37. The molecule has 0 radical (unpaired) electrons. The standard InChI is InChI=1S/C15H15ClN6O/c1-2-21-9-12(7-18-21)14(23)19-15-17-10-22(20-15)8-11-3-5-13(16)6-4-11/h3-7,9-10H,2,8H2,1H3,(H,19,20,23). The maximum Gasteiger partial charge on any atom is 0.261 e. The zero-order chi connectivity index (χ0) is 16.2. The Balaban J connectivity index is 1.64. The average Bonchev–Trinajstić information content (AvgIpc) is 3.19. The van der Waals surface area contributed by atoms with Gasteiger partial charge in [0.25, 0.3) is 5.91 Å². The molecule has 3 rings (SSSR count). The number of hydrogen-bond acceptors (Lipinski definition) is 4. The number of carbonyl (C=O) groups excluding carboxylic acids is 1. The molecule has 0 spiro atoms. The molecule has 7 nitrogen and oxygen atoms in total. The van der Waals surface area contributed by atoms with Crippen molar-refractivity contribution in [2.45, 2.75) is 20.0 Å². The molecule has 0 saturated heterocycles. The highest BCUT2D eigenvalue weighted by Crippen LogP contribution is 2.11. The highest BCUT2D eigenvalue weighted by Gasteiger charge is 2.11. The van der Waals surface area contributed by atoms with E-state index in [0.29, 0.717) is 23.7 Å². The maximum atomic E-state index is 12.1. The quantitative estimate of drug-likeness (QED) is 0.779. The van der Waals surface area contributed by atoms with Crippen LogP contribution in [0.1, 0.15) is 22.8 Å². The fourth-order valence-electron chi connectivity index (χ4n) is 2.03. The van der Waals surface area contributed by atoms with Gasteiger partial charge in [-0.3, -0.25) is 14.8 Å². The first-order chi connectivity index (χ1) is 11.1. The van der Waals surface area contributed by atoms with Crippen LogP contribution in [0.25, 0.3) is 0 Å². The van der Waals surface area contributed by atoms with E-state index in [1.54, 1.807) is 21.9 Å². The van der Waals surface area contributed by atoms with Crippen LogP contribution in [0.5, 0.6) is 0 Å². The molecule has 2 aromatic heterocycles. The summed E-state index contributed by atoms with van der Waals surface area (Å²) < 4.78 is 3.33. The first-order valence-corrected chi connectivity index (χ1v) is 7.49. The Morgan fingerprint density at radius 2 is 2.04 bits per heavy atom. The van der Waals surface area contributed by atoms with Crippen LogP contribution in [0.3, 0.4) is 0 Å². The van der Waals surface area contributed by atoms with Crippen LogP contribution < -0.4 is 5.32 Å². The molecule has 0 aliphatic rings. The zero-order valence-electron chi connectivity index (χ0n) is 12.5. The van der Waals surface area contributed by atoms with Gasteiger partial charge in [-0.15, -0.1) is 5.10 Å². The van der Waals surface area contributed by atoms with E-state index >= 15 is 0 Å². The van der Waals surface area contributed by atoms with Gasteiger partial charge in [0, 0.05) is 17.8 Å². The number of rotatable bonds is 5. The van der Waals surface area contributed by atoms with E-state index in [0.717, 1.165) is 5.56 Å². The largest absolute Gasteiger partial charge is 0.289 e. The predicted molar refractivity (Wildman–Crippen MR) is 86.4 cm³/mol. The SMILES string of the molecule is CCn1cc(C(=O)Nc2ncn(Cc3ccc(Cl)cc3)n2)cn1. The summed E-state index contributed by atoms with van der Waals surface area (Å²) in [5.74, 6) is -0.0258. The van der Waals surface area contributed by atoms with Crippen molar-refractivity contribution in [3.63, 3.8) is 0 Å². The van der Waals surface area contributed by atoms with Crippen LogP contribution in [0.2, 0.25) is 5.02 Å². The minimum atomic E-state index is -0.283. The number of hydrogen-bond donors (Lipinski definition) is 1. The van der Waals surface area contributed by atoms with Crippen molar-refractivity contribution in [1.29, 1.82) is 0 Å². The molecule has 3 aromatic rings. The molecule has 0 bridgehead atoms. The van der Waals surface area contributed by atoms with E-state index in [9.17, 15) is 4.79 Å². The highest BCUT2D eigenvalue weighted by molar-refractivity contribution is 6.30. The predicted octanol–water partition coefficient (Wildman–Crippen LogP) is 2.45. The van der Waals surface area contributed by atoms with Gasteiger partial charge in [-0.25, -0.2) is 9.67 Å². The highest BCUT2D eigenvalue weighted by atomic mass is 35.5. The van der Waals surface area contributed by atoms with Crippen LogP contribution >= 0.6 is 11.6 Å². The lowest BCUT2D eigenvalue weighted by Crippen LogP contribution is -2.13. The Kier molecular flexibility index (Phi) is 4.38. The molecule has 1 aromatic carbocycles. The van der Waals surface area contributed by atoms with Crippen molar-refractivity contribution in [3.05, 3.63) is 59.1 Å². The molecule has 118 valence electrons. The molecule has 0 atom stereocenters. The lowest BCUT2D eigenvalue weighted by Gasteiger charge is -2.01. The molecule has 1 N–H and O–H groups in total. The minimum absolute atomic E-state index is 0.258. The second-order valence-electron chi connectivity index (χ2n) is 4.93. The Bertz CT molecular complexity index is 807. The molecule has 1 amide bonds. The molecule has 0 unspecified atom stereocenters. The summed E-state index contributed by atoms with van der Waals surface area (Å²) in [6.45, 7) is 3.21. The summed E-state index contributed by atoms with van der Waals surface area (Å²) in [5, 5.41) is 11.6. The van der Waals surface area contributed by atoms with Crippen LogP contribution in [-0.4, -0.2) is 30.5 Å². The molecule has 0 fully saturated rings. The van der Waals surface area contributed by atoms with Gasteiger partial charge >= 0.3 is 0 Å². The minimum Gasteiger partial charge on any atom is -0.289 e. The third-order valence-corrected chi connectivity index (χ3v) is 3.49. The van der Waals surface area contributed by atoms with Crippen LogP contribution in [0.4, 0.5) is 5.95 Å². The lowest BCUT2D eigenvalue weighted by molar-refractivity contribution is 0.102. The summed E-state index contributed by atoms with van der Waals surface area (Å²) in [6.07, 6.45) is 4.77. The monoisotopic (exact) mass is 330 g/mol. The van der Waals surface area contributed by atoms with E-state index in [4.69, 9.17) is 11.6 Å². The first-order valence-electron chi connectivity index (χ1n) is 7.11.